The molecule has 8 nitrogen and oxygen atoms in total. The molecule has 0 aliphatic carbocycles. The molecule has 37 heavy (non-hydrogen) atoms. The van der Waals surface area contributed by atoms with Crippen LogP contribution in [0.25, 0.3) is 22.2 Å². The number of hydrogen-bond donors (Lipinski definition) is 1. The molecule has 2 aromatic carbocycles. The highest BCUT2D eigenvalue weighted by molar-refractivity contribution is 5.98. The van der Waals surface area contributed by atoms with Crippen molar-refractivity contribution in [2.75, 3.05) is 13.6 Å². The quantitative estimate of drug-likeness (QED) is 0.442. The number of fused-ring (bicyclic) bond motifs is 10. The Balaban J connectivity index is 1.43. The molecule has 0 fully saturated rings. The number of imidazole rings is 1. The first kappa shape index (κ1) is 19.1. The molecule has 2 aromatic heterocycles. The molecular formula is C27H22F2N4O4. The van der Waals surface area contributed by atoms with E-state index in [1.165, 1.54) is 18.2 Å². The zero-order valence-corrected chi connectivity index (χ0v) is 19.5. The van der Waals surface area contributed by atoms with Gasteiger partial charge in [0.05, 0.1) is 23.1 Å². The molecule has 0 spiro atoms. The lowest BCUT2D eigenvalue weighted by atomic mass is 9.97. The highest BCUT2D eigenvalue weighted by Crippen LogP contribution is 2.50. The topological polar surface area (TPSA) is 89.7 Å². The number of carbonyl (C=O) groups excluding carboxylic acids is 1. The first-order valence-electron chi connectivity index (χ1n) is 13.2. The van der Waals surface area contributed by atoms with E-state index in [0.29, 0.717) is 33.9 Å². The van der Waals surface area contributed by atoms with Gasteiger partial charge in [-0.2, -0.15) is 8.78 Å². The highest BCUT2D eigenvalue weighted by Gasteiger charge is 2.45. The number of aliphatic hydroxyl groups is 1. The van der Waals surface area contributed by atoms with Crippen LogP contribution in [0.5, 0.6) is 11.5 Å². The molecule has 188 valence electrons. The maximum absolute atomic E-state index is 13.6. The van der Waals surface area contributed by atoms with Crippen LogP contribution < -0.4 is 9.47 Å². The summed E-state index contributed by atoms with van der Waals surface area (Å²) < 4.78 is 63.5. The standard InChI is InChI=1S/C27H22F2N4O4/c1-27(35)12-36-21-9-14(11-30-23(21)27)13-6-7-16-17(8-13)33-18-10-19(24(33)31-16)32(2)25(34)15-4-3-5-20(22(15)18)37-26(28)29/h3-9,11,18-19,26,35H,10,12H2,1-2H3/t18-,19-,27?/m1/s1/i2D3. The number of carbonyl (C=O) groups is 1. The minimum atomic E-state index is -3.14. The molecule has 2 bridgehead atoms. The molecule has 3 aliphatic heterocycles. The van der Waals surface area contributed by atoms with Gasteiger partial charge in [-0.05, 0) is 42.8 Å². The zero-order valence-electron chi connectivity index (χ0n) is 22.5. The van der Waals surface area contributed by atoms with Gasteiger partial charge in [-0.15, -0.1) is 0 Å². The second kappa shape index (κ2) is 7.48. The van der Waals surface area contributed by atoms with Gasteiger partial charge in [0.2, 0.25) is 0 Å². The van der Waals surface area contributed by atoms with E-state index in [1.807, 2.05) is 16.7 Å². The van der Waals surface area contributed by atoms with E-state index < -0.39 is 37.2 Å². The predicted molar refractivity (Wildman–Crippen MR) is 129 cm³/mol. The van der Waals surface area contributed by atoms with Gasteiger partial charge in [-0.3, -0.25) is 9.78 Å². The molecule has 0 radical (unpaired) electrons. The van der Waals surface area contributed by atoms with Gasteiger partial charge in [-0.1, -0.05) is 12.1 Å². The van der Waals surface area contributed by atoms with Gasteiger partial charge in [0.15, 0.2) is 0 Å². The van der Waals surface area contributed by atoms with E-state index in [1.54, 1.807) is 25.3 Å². The summed E-state index contributed by atoms with van der Waals surface area (Å²) >= 11 is 0. The van der Waals surface area contributed by atoms with Crippen molar-refractivity contribution in [1.29, 1.82) is 0 Å². The summed E-state index contributed by atoms with van der Waals surface area (Å²) in [4.78, 5) is 23.5. The van der Waals surface area contributed by atoms with Crippen LogP contribution in [-0.2, 0) is 5.60 Å². The largest absolute Gasteiger partial charge is 0.488 e. The number of aromatic nitrogens is 3. The van der Waals surface area contributed by atoms with Crippen molar-refractivity contribution in [2.45, 2.75) is 37.6 Å². The second-order valence-electron chi connectivity index (χ2n) is 9.72. The fourth-order valence-corrected chi connectivity index (χ4v) is 5.69. The SMILES string of the molecule is [2H]C([2H])([2H])N1C(=O)c2cccc(OC(F)F)c2[C@H]2C[C@@H]1c1nc3ccc(-c4cnc5c(c4)OCC5(C)O)cc3n12. The smallest absolute Gasteiger partial charge is 0.387 e. The Kier molecular flexibility index (Phi) is 3.87. The van der Waals surface area contributed by atoms with Gasteiger partial charge in [0.25, 0.3) is 5.91 Å². The number of halogens is 2. The average Bonchev–Trinajstić information content (AvgIpc) is 3.49. The van der Waals surface area contributed by atoms with Crippen molar-refractivity contribution in [3.63, 3.8) is 0 Å². The molecule has 4 aromatic rings. The fraction of sp³-hybridized carbons (Fsp3) is 0.296. The number of benzene rings is 2. The van der Waals surface area contributed by atoms with E-state index in [0.717, 1.165) is 10.5 Å². The molecule has 3 atom stereocenters. The summed E-state index contributed by atoms with van der Waals surface area (Å²) in [6.45, 7) is -4.21. The Bertz CT molecular complexity index is 1720. The van der Waals surface area contributed by atoms with E-state index in [2.05, 4.69) is 4.98 Å². The lowest BCUT2D eigenvalue weighted by Crippen LogP contribution is -2.30. The maximum Gasteiger partial charge on any atom is 0.387 e. The van der Waals surface area contributed by atoms with Gasteiger partial charge in [-0.25, -0.2) is 4.98 Å². The summed E-state index contributed by atoms with van der Waals surface area (Å²) in [7, 11) is 0. The number of hydrogen-bond acceptors (Lipinski definition) is 6. The lowest BCUT2D eigenvalue weighted by Gasteiger charge is -2.24. The van der Waals surface area contributed by atoms with Crippen molar-refractivity contribution < 1.29 is 32.3 Å². The lowest BCUT2D eigenvalue weighted by molar-refractivity contribution is -0.0507. The Hall–Kier alpha value is -4.05. The third-order valence-electron chi connectivity index (χ3n) is 7.35. The zero-order chi connectivity index (χ0) is 28.1. The normalized spacial score (nSPS) is 25.2. The summed E-state index contributed by atoms with van der Waals surface area (Å²) in [6, 6.07) is 9.84. The van der Waals surface area contributed by atoms with Crippen LogP contribution in [0.3, 0.4) is 0 Å². The number of rotatable bonds is 3. The van der Waals surface area contributed by atoms with E-state index in [-0.39, 0.29) is 29.9 Å². The maximum atomic E-state index is 13.6. The van der Waals surface area contributed by atoms with Crippen molar-refractivity contribution in [3.05, 3.63) is 71.3 Å². The molecule has 5 heterocycles. The number of ether oxygens (including phenoxy) is 2. The van der Waals surface area contributed by atoms with Crippen molar-refractivity contribution in [1.82, 2.24) is 19.4 Å². The predicted octanol–water partition coefficient (Wildman–Crippen LogP) is 4.42. The molecule has 1 unspecified atom stereocenters. The third kappa shape index (κ3) is 3.11. The van der Waals surface area contributed by atoms with Crippen LogP contribution >= 0.6 is 0 Å². The van der Waals surface area contributed by atoms with Crippen LogP contribution in [0.4, 0.5) is 8.78 Å². The Morgan fingerprint density at radius 3 is 2.92 bits per heavy atom. The van der Waals surface area contributed by atoms with Gasteiger partial charge in [0, 0.05) is 40.4 Å². The van der Waals surface area contributed by atoms with Crippen molar-refractivity contribution in [3.8, 4) is 22.6 Å². The number of pyridine rings is 1. The number of nitrogens with zero attached hydrogens (tertiary/aromatic N) is 4. The Morgan fingerprint density at radius 1 is 1.24 bits per heavy atom. The van der Waals surface area contributed by atoms with E-state index in [4.69, 9.17) is 18.6 Å². The first-order chi connectivity index (χ1) is 18.9. The molecule has 7 rings (SSSR count). The van der Waals surface area contributed by atoms with Crippen LogP contribution in [0.1, 0.15) is 57.0 Å². The molecular weight excluding hydrogens is 482 g/mol. The highest BCUT2D eigenvalue weighted by atomic mass is 19.3. The summed E-state index contributed by atoms with van der Waals surface area (Å²) in [5.74, 6) is -0.148. The van der Waals surface area contributed by atoms with Crippen LogP contribution in [-0.4, -0.2) is 50.6 Å². The summed E-state index contributed by atoms with van der Waals surface area (Å²) in [6.07, 6.45) is 1.76. The molecule has 1 amide bonds. The monoisotopic (exact) mass is 507 g/mol. The van der Waals surface area contributed by atoms with Crippen LogP contribution in [0, 0.1) is 0 Å². The van der Waals surface area contributed by atoms with Crippen molar-refractivity contribution >= 4 is 16.9 Å². The summed E-state index contributed by atoms with van der Waals surface area (Å²) in [5.41, 5.74) is 2.11. The third-order valence-corrected chi connectivity index (χ3v) is 7.35. The Morgan fingerprint density at radius 2 is 2.11 bits per heavy atom. The fourth-order valence-electron chi connectivity index (χ4n) is 5.69. The second-order valence-corrected chi connectivity index (χ2v) is 9.72. The number of amides is 1. The minimum Gasteiger partial charge on any atom is -0.488 e. The number of alkyl halides is 2. The van der Waals surface area contributed by atoms with Gasteiger partial charge in [0.1, 0.15) is 35.2 Å². The Labute approximate surface area is 214 Å². The first-order valence-corrected chi connectivity index (χ1v) is 11.7. The van der Waals surface area contributed by atoms with Crippen molar-refractivity contribution in [2.24, 2.45) is 0 Å². The van der Waals surface area contributed by atoms with Gasteiger partial charge < -0.3 is 24.0 Å². The molecule has 1 N–H and O–H groups in total. The van der Waals surface area contributed by atoms with E-state index in [9.17, 15) is 18.7 Å². The average molecular weight is 508 g/mol. The van der Waals surface area contributed by atoms with Gasteiger partial charge >= 0.3 is 6.61 Å². The minimum absolute atomic E-state index is 0.00236. The molecule has 0 saturated heterocycles. The van der Waals surface area contributed by atoms with Crippen LogP contribution in [0.15, 0.2) is 48.7 Å². The van der Waals surface area contributed by atoms with E-state index >= 15 is 0 Å². The molecule has 10 heteroatoms. The molecule has 0 saturated carbocycles. The van der Waals surface area contributed by atoms with Crippen LogP contribution in [0.2, 0.25) is 0 Å². The summed E-state index contributed by atoms with van der Waals surface area (Å²) in [5, 5.41) is 10.5. The molecule has 3 aliphatic rings.